The second kappa shape index (κ2) is 27.4. The fourth-order valence-corrected chi connectivity index (χ4v) is 14.9. The summed E-state index contributed by atoms with van der Waals surface area (Å²) in [7, 11) is -22.7. The Morgan fingerprint density at radius 1 is 0.484 bits per heavy atom. The predicted molar refractivity (Wildman–Crippen MR) is 315 cm³/mol. The van der Waals surface area contributed by atoms with Crippen molar-refractivity contribution in [1.29, 1.82) is 0 Å². The maximum Gasteiger partial charge on any atom is 0.280 e. The Kier molecular flexibility index (Phi) is 20.8. The van der Waals surface area contributed by atoms with Gasteiger partial charge in [0.1, 0.15) is 48.0 Å². The number of aromatic nitrogens is 12. The predicted octanol–water partition coefficient (Wildman–Crippen LogP) is -8.18. The van der Waals surface area contributed by atoms with E-state index in [0.29, 0.717) is 0 Å². The minimum absolute atomic E-state index is 0. The van der Waals surface area contributed by atoms with Crippen LogP contribution >= 0.6 is 31.3 Å². The molecule has 0 bridgehead atoms. The maximum atomic E-state index is 12.4. The smallest absolute Gasteiger partial charge is 0.280 e. The van der Waals surface area contributed by atoms with Gasteiger partial charge in [0.05, 0.1) is 63.4 Å². The van der Waals surface area contributed by atoms with E-state index < -0.39 is 166 Å². The largest absolute Gasteiger partial charge is 0.783 e. The van der Waals surface area contributed by atoms with E-state index in [2.05, 4.69) is 97.8 Å². The standard InChI is InChI=1S/2C20H26N10O13P2S2.W/c2*21-19-26-13-7(15(33)28-19)24-6-12(47)11(46)5(41-17(6)25-13)2-40-45(37,38)43-44(35,36)39-1-4-9(31)10(32)18(42-4)30-3-23-8-14(30)27-20(22)29-16(8)34;/h2*3-6,9-10,17-18,24,31-32,46-47H,1-2H2,(H,35,36)(H,37,38)(H3,22,27,29,34)(H4,21,25,26,28,33);/p-8/t2*4-,5?,6?,9-,10-,17?,18-;/m11./s1. The zero-order chi connectivity index (χ0) is 68.0. The zero-order valence-electron chi connectivity index (χ0n) is 46.6. The first-order chi connectivity index (χ1) is 44.1. The minimum Gasteiger partial charge on any atom is -0.783 e. The van der Waals surface area contributed by atoms with Gasteiger partial charge >= 0.3 is 0 Å². The summed E-state index contributed by atoms with van der Waals surface area (Å²) in [4.78, 5) is 131. The third kappa shape index (κ3) is 15.1. The third-order valence-corrected chi connectivity index (χ3v) is 21.2. The van der Waals surface area contributed by atoms with E-state index in [4.69, 9.17) is 92.4 Å². The number of fused-ring (bicyclic) bond motifs is 6. The van der Waals surface area contributed by atoms with Crippen molar-refractivity contribution in [3.8, 4) is 0 Å². The minimum atomic E-state index is -5.70. The van der Waals surface area contributed by atoms with E-state index in [1.54, 1.807) is 0 Å². The molecule has 6 aliphatic rings. The number of nitrogens with zero attached hydrogens (tertiary/aromatic N) is 8. The van der Waals surface area contributed by atoms with Gasteiger partial charge in [-0.05, 0) is 0 Å². The van der Waals surface area contributed by atoms with Gasteiger partial charge in [-0.3, -0.25) is 66.5 Å². The molecule has 2 fully saturated rings. The normalized spacial score (nSPS) is 29.4. The summed E-state index contributed by atoms with van der Waals surface area (Å²) in [5, 5.41) is 53.2. The van der Waals surface area contributed by atoms with Gasteiger partial charge in [0.15, 0.2) is 58.9 Å². The van der Waals surface area contributed by atoms with Gasteiger partial charge in [0.25, 0.3) is 53.5 Å². The molecule has 12 heterocycles. The summed E-state index contributed by atoms with van der Waals surface area (Å²) < 4.78 is 101. The summed E-state index contributed by atoms with van der Waals surface area (Å²) in [5.74, 6) is -0.888. The van der Waals surface area contributed by atoms with Crippen LogP contribution in [0.1, 0.15) is 12.5 Å². The Balaban J connectivity index is 0.000000205. The molecule has 6 aromatic heterocycles. The summed E-state index contributed by atoms with van der Waals surface area (Å²) in [6.07, 6.45) is -15.4. The van der Waals surface area contributed by atoms with Gasteiger partial charge < -0.3 is 172 Å². The number of aliphatic hydroxyl groups is 4. The van der Waals surface area contributed by atoms with Crippen LogP contribution in [0.3, 0.4) is 0 Å². The Labute approximate surface area is 562 Å². The molecule has 0 amide bonds. The third-order valence-electron chi connectivity index (χ3n) is 14.0. The first kappa shape index (κ1) is 71.9. The summed E-state index contributed by atoms with van der Waals surface area (Å²) in [6.45, 7) is -3.79. The van der Waals surface area contributed by atoms with Gasteiger partial charge in [-0.25, -0.2) is 18.6 Å². The molecule has 518 valence electrons. The molecule has 95 heavy (non-hydrogen) atoms. The van der Waals surface area contributed by atoms with Crippen LogP contribution in [0.2, 0.25) is 0 Å². The quantitative estimate of drug-likeness (QED) is 0.0281. The first-order valence-electron chi connectivity index (χ1n) is 26.1. The molecule has 46 nitrogen and oxygen atoms in total. The van der Waals surface area contributed by atoms with Crippen LogP contribution in [0.5, 0.6) is 0 Å². The van der Waals surface area contributed by atoms with Crippen LogP contribution in [0.25, 0.3) is 22.3 Å². The van der Waals surface area contributed by atoms with Crippen LogP contribution in [-0.4, -0.2) is 179 Å². The molecule has 0 saturated carbocycles. The molecule has 0 aliphatic carbocycles. The number of aliphatic hydroxyl groups excluding tert-OH is 4. The van der Waals surface area contributed by atoms with Gasteiger partial charge in [-0.2, -0.15) is 39.6 Å². The number of phosphoric acid groups is 4. The number of H-pyrrole nitrogens is 4. The van der Waals surface area contributed by atoms with E-state index in [-0.39, 0.29) is 110 Å². The van der Waals surface area contributed by atoms with Crippen molar-refractivity contribution in [2.24, 2.45) is 0 Å². The number of nitrogens with one attached hydrogen (secondary N) is 8. The van der Waals surface area contributed by atoms with Gasteiger partial charge in [-0.1, -0.05) is 0 Å². The summed E-state index contributed by atoms with van der Waals surface area (Å²) in [5.41, 5.74) is 19.2. The van der Waals surface area contributed by atoms with Crippen molar-refractivity contribution in [2.75, 3.05) is 70.6 Å². The zero-order valence-corrected chi connectivity index (χ0v) is 56.3. The Hall–Kier alpha value is -5.89. The molecular formula is C40H44N20O26P4S4W-8. The molecule has 20 N–H and O–H groups in total. The average Bonchev–Trinajstić information content (AvgIpc) is 1.63. The van der Waals surface area contributed by atoms with Crippen molar-refractivity contribution in [2.45, 2.75) is 85.8 Å². The number of anilines is 8. The van der Waals surface area contributed by atoms with E-state index in [0.717, 1.165) is 21.8 Å². The van der Waals surface area contributed by atoms with E-state index in [1.165, 1.54) is 0 Å². The molecule has 12 rings (SSSR count). The van der Waals surface area contributed by atoms with Crippen LogP contribution in [-0.2, 0) is 136 Å². The number of ether oxygens (including phenoxy) is 4. The fourth-order valence-electron chi connectivity index (χ4n) is 9.76. The average molecular weight is 1660 g/mol. The van der Waals surface area contributed by atoms with Crippen molar-refractivity contribution in [3.05, 3.63) is 73.7 Å². The number of hydrogen-bond acceptors (Lipinski definition) is 44. The van der Waals surface area contributed by atoms with Crippen molar-refractivity contribution in [3.63, 3.8) is 0 Å². The molecule has 0 spiro atoms. The monoisotopic (exact) mass is 1660 g/mol. The fraction of sp³-hybridized carbons (Fsp3) is 0.450. The number of phosphoric ester groups is 4. The van der Waals surface area contributed by atoms with Gasteiger partial charge in [-0.15, -0.1) is 0 Å². The number of nitrogens with two attached hydrogens (primary N) is 4. The number of hydrogen-bond donors (Lipinski definition) is 16. The number of imidazole rings is 2. The van der Waals surface area contributed by atoms with Crippen LogP contribution < -0.4 is 86.0 Å². The molecule has 6 aromatic rings. The second-order valence-corrected chi connectivity index (χ2v) is 27.9. The molecule has 0 radical (unpaired) electrons. The number of nitrogen functional groups attached to an aromatic ring is 4. The Morgan fingerprint density at radius 2 is 0.811 bits per heavy atom. The van der Waals surface area contributed by atoms with E-state index in [9.17, 15) is 77.4 Å². The molecular weight excluding hydrogens is 1610 g/mol. The Morgan fingerprint density at radius 3 is 1.17 bits per heavy atom. The van der Waals surface area contributed by atoms with Crippen molar-refractivity contribution >= 4 is 151 Å². The molecule has 18 atom stereocenters. The molecule has 10 unspecified atom stereocenters. The van der Waals surface area contributed by atoms with Gasteiger partial charge in [0, 0.05) is 21.1 Å². The summed E-state index contributed by atoms with van der Waals surface area (Å²) >= 11 is 21.3. The number of aromatic amines is 4. The summed E-state index contributed by atoms with van der Waals surface area (Å²) in [6, 6.07) is -1.68. The molecule has 55 heteroatoms. The topological polar surface area (TPSA) is 705 Å². The number of rotatable bonds is 18. The van der Waals surface area contributed by atoms with Crippen molar-refractivity contribution in [1.82, 2.24) is 59.0 Å². The van der Waals surface area contributed by atoms with Crippen LogP contribution in [0.15, 0.2) is 51.5 Å². The maximum absolute atomic E-state index is 12.4. The van der Waals surface area contributed by atoms with Crippen molar-refractivity contribution < 1.29 is 125 Å². The SMILES string of the molecule is Nc1nc2c(c(=O)[nH]1)NC1C([S-])=C([S-])C(COP(=O)([O-])OP(=O)([O-])OC[C@H]3O[C@@H](n4cnc5c(=O)[nH]c(N)nc54)[C@H](O)[C@@H]3O)OC1N2.Nc1nc2c(c(=O)[nH]1)NC1C([S-])=C([S-])C(COP(=O)([O-])OP(=O)([O-])OC[C@H]3O[C@@H](n4cnc5c(=O)[nH]c(N)nc54)[C@H](O)[C@@H]3O)OC1N2.[W]. The molecule has 6 aliphatic heterocycles. The second-order valence-electron chi connectivity index (χ2n) is 20.2. The Bertz CT molecular complexity index is 4240. The molecule has 0 aromatic carbocycles. The van der Waals surface area contributed by atoms with Gasteiger partial charge in [0.2, 0.25) is 23.8 Å². The van der Waals surface area contributed by atoms with Crippen LogP contribution in [0.4, 0.5) is 46.8 Å². The van der Waals surface area contributed by atoms with E-state index >= 15 is 0 Å². The van der Waals surface area contributed by atoms with E-state index in [1.807, 2.05) is 0 Å². The first-order valence-corrected chi connectivity index (χ1v) is 33.6. The molecule has 2 saturated heterocycles. The van der Waals surface area contributed by atoms with Crippen LogP contribution in [0, 0.1) is 0 Å².